The van der Waals surface area contributed by atoms with Gasteiger partial charge in [-0.25, -0.2) is 0 Å². The normalized spacial score (nSPS) is 27.7. The largest absolute Gasteiger partial charge is 0.384 e. The minimum absolute atomic E-state index is 0.765. The maximum Gasteiger partial charge on any atom is 0.0493 e. The number of ether oxygens (including phenoxy) is 1. The Bertz CT molecular complexity index is 136. The number of nitrogens with one attached hydrogen (secondary N) is 1. The quantitative estimate of drug-likeness (QED) is 0.682. The van der Waals surface area contributed by atoms with Crippen LogP contribution < -0.4 is 5.32 Å². The summed E-state index contributed by atoms with van der Waals surface area (Å²) in [5, 5.41) is 3.52. The van der Waals surface area contributed by atoms with Crippen molar-refractivity contribution in [3.63, 3.8) is 0 Å². The second-order valence-electron chi connectivity index (χ2n) is 4.60. The van der Waals surface area contributed by atoms with Gasteiger partial charge in [0.2, 0.25) is 0 Å². The predicted octanol–water partition coefficient (Wildman–Crippen LogP) is 1.90. The van der Waals surface area contributed by atoms with Crippen molar-refractivity contribution >= 4 is 0 Å². The second kappa shape index (κ2) is 5.61. The first-order valence-electron chi connectivity index (χ1n) is 5.43. The van der Waals surface area contributed by atoms with Crippen molar-refractivity contribution in [2.45, 2.75) is 26.7 Å². The zero-order valence-corrected chi connectivity index (χ0v) is 9.18. The van der Waals surface area contributed by atoms with Crippen LogP contribution in [0, 0.1) is 17.8 Å². The zero-order chi connectivity index (χ0) is 9.68. The smallest absolute Gasteiger partial charge is 0.0493 e. The molecular weight excluding hydrogens is 162 g/mol. The highest BCUT2D eigenvalue weighted by atomic mass is 16.5. The van der Waals surface area contributed by atoms with Crippen molar-refractivity contribution in [2.24, 2.45) is 17.8 Å². The van der Waals surface area contributed by atoms with E-state index < -0.39 is 0 Å². The fraction of sp³-hybridized carbons (Fsp3) is 1.00. The molecule has 0 aromatic carbocycles. The molecule has 0 aliphatic heterocycles. The SMILES string of the molecule is COC[C@@H]1CC[C@H]1CNCC(C)C. The molecule has 2 atom stereocenters. The predicted molar refractivity (Wildman–Crippen MR) is 55.8 cm³/mol. The fourth-order valence-corrected chi connectivity index (χ4v) is 1.90. The first-order chi connectivity index (χ1) is 6.24. The molecule has 2 heteroatoms. The van der Waals surface area contributed by atoms with Crippen LogP contribution >= 0.6 is 0 Å². The molecule has 1 rings (SSSR count). The van der Waals surface area contributed by atoms with Gasteiger partial charge in [0.25, 0.3) is 0 Å². The summed E-state index contributed by atoms with van der Waals surface area (Å²) in [6, 6.07) is 0. The van der Waals surface area contributed by atoms with Crippen LogP contribution in [0.4, 0.5) is 0 Å². The molecular formula is C11H23NO. The van der Waals surface area contributed by atoms with Gasteiger partial charge in [-0.2, -0.15) is 0 Å². The molecule has 13 heavy (non-hydrogen) atoms. The number of hydrogen-bond acceptors (Lipinski definition) is 2. The van der Waals surface area contributed by atoms with Crippen molar-refractivity contribution in [3.05, 3.63) is 0 Å². The average molecular weight is 185 g/mol. The molecule has 0 spiro atoms. The molecule has 2 nitrogen and oxygen atoms in total. The standard InChI is InChI=1S/C11H23NO/c1-9(2)6-12-7-10-4-5-11(10)8-13-3/h9-12H,4-8H2,1-3H3/t10-,11-/m0/s1. The van der Waals surface area contributed by atoms with Gasteiger partial charge in [0.15, 0.2) is 0 Å². The summed E-state index contributed by atoms with van der Waals surface area (Å²) < 4.78 is 5.18. The van der Waals surface area contributed by atoms with E-state index in [1.54, 1.807) is 7.11 Å². The lowest BCUT2D eigenvalue weighted by Crippen LogP contribution is -2.38. The van der Waals surface area contributed by atoms with Gasteiger partial charge >= 0.3 is 0 Å². The molecule has 1 fully saturated rings. The van der Waals surface area contributed by atoms with Crippen LogP contribution in [0.3, 0.4) is 0 Å². The van der Waals surface area contributed by atoms with Crippen molar-refractivity contribution < 1.29 is 4.74 Å². The highest BCUT2D eigenvalue weighted by Gasteiger charge is 2.29. The van der Waals surface area contributed by atoms with Gasteiger partial charge < -0.3 is 10.1 Å². The van der Waals surface area contributed by atoms with Crippen LogP contribution in [0.25, 0.3) is 0 Å². The molecule has 1 aliphatic rings. The van der Waals surface area contributed by atoms with E-state index in [4.69, 9.17) is 4.74 Å². The molecule has 0 unspecified atom stereocenters. The Kier molecular flexibility index (Phi) is 4.74. The number of methoxy groups -OCH3 is 1. The van der Waals surface area contributed by atoms with Gasteiger partial charge in [0.05, 0.1) is 0 Å². The molecule has 1 N–H and O–H groups in total. The minimum Gasteiger partial charge on any atom is -0.384 e. The zero-order valence-electron chi connectivity index (χ0n) is 9.18. The van der Waals surface area contributed by atoms with Crippen LogP contribution in [0.5, 0.6) is 0 Å². The first-order valence-corrected chi connectivity index (χ1v) is 5.43. The third-order valence-corrected chi connectivity index (χ3v) is 2.91. The van der Waals surface area contributed by atoms with Gasteiger partial charge in [-0.1, -0.05) is 13.8 Å². The highest BCUT2D eigenvalue weighted by molar-refractivity contribution is 4.82. The molecule has 0 heterocycles. The summed E-state index contributed by atoms with van der Waals surface area (Å²) in [5.74, 6) is 2.46. The Morgan fingerprint density at radius 2 is 2.00 bits per heavy atom. The Morgan fingerprint density at radius 1 is 1.31 bits per heavy atom. The van der Waals surface area contributed by atoms with Crippen molar-refractivity contribution in [3.8, 4) is 0 Å². The van der Waals surface area contributed by atoms with E-state index in [1.807, 2.05) is 0 Å². The fourth-order valence-electron chi connectivity index (χ4n) is 1.90. The Balaban J connectivity index is 2.02. The molecule has 1 aliphatic carbocycles. The molecule has 0 bridgehead atoms. The van der Waals surface area contributed by atoms with E-state index >= 15 is 0 Å². The lowest BCUT2D eigenvalue weighted by Gasteiger charge is -2.36. The van der Waals surface area contributed by atoms with Crippen LogP contribution in [0.2, 0.25) is 0 Å². The van der Waals surface area contributed by atoms with E-state index in [2.05, 4.69) is 19.2 Å². The number of rotatable bonds is 6. The van der Waals surface area contributed by atoms with Crippen LogP contribution in [0.15, 0.2) is 0 Å². The molecule has 78 valence electrons. The highest BCUT2D eigenvalue weighted by Crippen LogP contribution is 2.33. The molecule has 1 saturated carbocycles. The third-order valence-electron chi connectivity index (χ3n) is 2.91. The Hall–Kier alpha value is -0.0800. The summed E-state index contributed by atoms with van der Waals surface area (Å²) in [4.78, 5) is 0. The summed E-state index contributed by atoms with van der Waals surface area (Å²) in [7, 11) is 1.80. The Morgan fingerprint density at radius 3 is 2.46 bits per heavy atom. The lowest BCUT2D eigenvalue weighted by atomic mass is 9.74. The van der Waals surface area contributed by atoms with Crippen molar-refractivity contribution in [1.29, 1.82) is 0 Å². The average Bonchev–Trinajstić information content (AvgIpc) is 2.06. The third kappa shape index (κ3) is 3.65. The van der Waals surface area contributed by atoms with E-state index in [0.29, 0.717) is 0 Å². The van der Waals surface area contributed by atoms with E-state index in [1.165, 1.54) is 19.4 Å². The Labute approximate surface area is 82.0 Å². The van der Waals surface area contributed by atoms with Gasteiger partial charge in [0, 0.05) is 13.7 Å². The van der Waals surface area contributed by atoms with Crippen molar-refractivity contribution in [1.82, 2.24) is 5.32 Å². The maximum atomic E-state index is 5.18. The van der Waals surface area contributed by atoms with E-state index in [-0.39, 0.29) is 0 Å². The van der Waals surface area contributed by atoms with Gasteiger partial charge in [-0.05, 0) is 43.7 Å². The van der Waals surface area contributed by atoms with Gasteiger partial charge in [0.1, 0.15) is 0 Å². The van der Waals surface area contributed by atoms with Crippen molar-refractivity contribution in [2.75, 3.05) is 26.8 Å². The molecule has 0 saturated heterocycles. The lowest BCUT2D eigenvalue weighted by molar-refractivity contribution is 0.0594. The van der Waals surface area contributed by atoms with Gasteiger partial charge in [-0.15, -0.1) is 0 Å². The molecule has 0 radical (unpaired) electrons. The second-order valence-corrected chi connectivity index (χ2v) is 4.60. The minimum atomic E-state index is 0.765. The summed E-state index contributed by atoms with van der Waals surface area (Å²) >= 11 is 0. The molecule has 0 amide bonds. The molecule has 0 aromatic heterocycles. The van der Waals surface area contributed by atoms with Gasteiger partial charge in [-0.3, -0.25) is 0 Å². The molecule has 0 aromatic rings. The first kappa shape index (κ1) is 11.0. The number of hydrogen-bond donors (Lipinski definition) is 1. The van der Waals surface area contributed by atoms with E-state index in [0.717, 1.165) is 30.9 Å². The maximum absolute atomic E-state index is 5.18. The topological polar surface area (TPSA) is 21.3 Å². The summed E-state index contributed by atoms with van der Waals surface area (Å²) in [5.41, 5.74) is 0. The van der Waals surface area contributed by atoms with E-state index in [9.17, 15) is 0 Å². The van der Waals surface area contributed by atoms with Crippen LogP contribution in [0.1, 0.15) is 26.7 Å². The monoisotopic (exact) mass is 185 g/mol. The van der Waals surface area contributed by atoms with Crippen LogP contribution in [-0.4, -0.2) is 26.8 Å². The van der Waals surface area contributed by atoms with Crippen LogP contribution in [-0.2, 0) is 4.74 Å². The summed E-state index contributed by atoms with van der Waals surface area (Å²) in [6.45, 7) is 7.79. The summed E-state index contributed by atoms with van der Waals surface area (Å²) in [6.07, 6.45) is 2.75.